The molecule has 1 unspecified atom stereocenters. The van der Waals surface area contributed by atoms with Crippen LogP contribution >= 0.6 is 0 Å². The van der Waals surface area contributed by atoms with Gasteiger partial charge in [0.25, 0.3) is 0 Å². The molecule has 0 aliphatic carbocycles. The molecule has 0 saturated heterocycles. The summed E-state index contributed by atoms with van der Waals surface area (Å²) in [6, 6.07) is 5.43. The fraction of sp³-hybridized carbons (Fsp3) is 0.533. The normalized spacial score (nSPS) is 12.3. The molecule has 100 valence electrons. The van der Waals surface area contributed by atoms with Crippen molar-refractivity contribution in [3.8, 4) is 11.5 Å². The number of ketones is 1. The molecule has 0 bridgehead atoms. The Labute approximate surface area is 109 Å². The van der Waals surface area contributed by atoms with Gasteiger partial charge in [-0.25, -0.2) is 0 Å². The third-order valence-corrected chi connectivity index (χ3v) is 2.69. The molecule has 0 spiro atoms. The highest BCUT2D eigenvalue weighted by molar-refractivity contribution is 5.99. The number of carbonyl (C=O) groups is 1. The third-order valence-electron chi connectivity index (χ3n) is 2.69. The molecule has 0 aliphatic heterocycles. The van der Waals surface area contributed by atoms with Gasteiger partial charge in [0.05, 0.1) is 13.2 Å². The van der Waals surface area contributed by atoms with Gasteiger partial charge in [-0.05, 0) is 38.3 Å². The van der Waals surface area contributed by atoms with Crippen molar-refractivity contribution in [1.82, 2.24) is 0 Å². The summed E-state index contributed by atoms with van der Waals surface area (Å²) < 4.78 is 11.1. The van der Waals surface area contributed by atoms with Crippen LogP contribution in [-0.4, -0.2) is 19.0 Å². The van der Waals surface area contributed by atoms with Crippen LogP contribution in [0.4, 0.5) is 0 Å². The van der Waals surface area contributed by atoms with Crippen LogP contribution in [0.2, 0.25) is 0 Å². The molecule has 0 amide bonds. The number of carbonyl (C=O) groups excluding carboxylic acids is 1. The molecule has 0 N–H and O–H groups in total. The van der Waals surface area contributed by atoms with Gasteiger partial charge in [-0.2, -0.15) is 0 Å². The van der Waals surface area contributed by atoms with E-state index in [-0.39, 0.29) is 11.9 Å². The maximum Gasteiger partial charge on any atom is 0.167 e. The van der Waals surface area contributed by atoms with E-state index in [4.69, 9.17) is 9.47 Å². The Morgan fingerprint density at radius 1 is 1.22 bits per heavy atom. The Bertz CT molecular complexity index is 410. The summed E-state index contributed by atoms with van der Waals surface area (Å²) in [6.07, 6.45) is 1.03. The van der Waals surface area contributed by atoms with E-state index >= 15 is 0 Å². The van der Waals surface area contributed by atoms with Crippen molar-refractivity contribution in [2.75, 3.05) is 7.11 Å². The van der Waals surface area contributed by atoms with E-state index in [0.717, 1.165) is 6.42 Å². The highest BCUT2D eigenvalue weighted by atomic mass is 16.5. The summed E-state index contributed by atoms with van der Waals surface area (Å²) in [6.45, 7) is 7.84. The number of hydrogen-bond acceptors (Lipinski definition) is 3. The summed E-state index contributed by atoms with van der Waals surface area (Å²) >= 11 is 0. The van der Waals surface area contributed by atoms with Crippen molar-refractivity contribution in [2.24, 2.45) is 5.92 Å². The predicted molar refractivity (Wildman–Crippen MR) is 72.5 cm³/mol. The van der Waals surface area contributed by atoms with Crippen LogP contribution in [0.15, 0.2) is 18.2 Å². The van der Waals surface area contributed by atoms with Crippen molar-refractivity contribution >= 4 is 5.78 Å². The average molecular weight is 250 g/mol. The molecule has 0 aromatic heterocycles. The second-order valence-corrected chi connectivity index (χ2v) is 4.95. The van der Waals surface area contributed by atoms with Crippen molar-refractivity contribution < 1.29 is 14.3 Å². The van der Waals surface area contributed by atoms with E-state index < -0.39 is 0 Å². The topological polar surface area (TPSA) is 35.5 Å². The van der Waals surface area contributed by atoms with E-state index in [0.29, 0.717) is 23.0 Å². The van der Waals surface area contributed by atoms with Gasteiger partial charge in [-0.1, -0.05) is 19.9 Å². The first kappa shape index (κ1) is 14.6. The zero-order chi connectivity index (χ0) is 13.7. The summed E-state index contributed by atoms with van der Waals surface area (Å²) in [5, 5.41) is 0. The molecular formula is C15H22O3. The van der Waals surface area contributed by atoms with Gasteiger partial charge in [0.15, 0.2) is 5.78 Å². The lowest BCUT2D eigenvalue weighted by Crippen LogP contribution is -2.16. The highest BCUT2D eigenvalue weighted by Gasteiger charge is 2.17. The molecule has 0 saturated carbocycles. The lowest BCUT2D eigenvalue weighted by Gasteiger charge is -2.19. The third kappa shape index (κ3) is 3.76. The minimum atomic E-state index is -0.0424. The van der Waals surface area contributed by atoms with E-state index in [1.165, 1.54) is 6.92 Å². The maximum atomic E-state index is 11.7. The molecule has 1 aromatic rings. The standard InChI is InChI=1S/C15H22O3/c1-10(2)9-11(3)18-14-8-6-7-13(17-5)15(14)12(4)16/h6-8,10-11H,9H2,1-5H3. The molecular weight excluding hydrogens is 228 g/mol. The van der Waals surface area contributed by atoms with Gasteiger partial charge in [0.1, 0.15) is 17.1 Å². The fourth-order valence-electron chi connectivity index (χ4n) is 2.06. The van der Waals surface area contributed by atoms with Crippen LogP contribution in [0.25, 0.3) is 0 Å². The Kier molecular flexibility index (Phi) is 5.20. The van der Waals surface area contributed by atoms with E-state index in [1.807, 2.05) is 19.1 Å². The summed E-state index contributed by atoms with van der Waals surface area (Å²) in [7, 11) is 1.56. The number of rotatable bonds is 6. The predicted octanol–water partition coefficient (Wildman–Crippen LogP) is 3.71. The first-order chi connectivity index (χ1) is 8.45. The second-order valence-electron chi connectivity index (χ2n) is 4.95. The second kappa shape index (κ2) is 6.43. The van der Waals surface area contributed by atoms with Crippen molar-refractivity contribution in [1.29, 1.82) is 0 Å². The highest BCUT2D eigenvalue weighted by Crippen LogP contribution is 2.30. The first-order valence-electron chi connectivity index (χ1n) is 6.30. The van der Waals surface area contributed by atoms with Crippen LogP contribution < -0.4 is 9.47 Å². The minimum Gasteiger partial charge on any atom is -0.496 e. The quantitative estimate of drug-likeness (QED) is 0.722. The fourth-order valence-corrected chi connectivity index (χ4v) is 2.06. The van der Waals surface area contributed by atoms with Crippen LogP contribution in [0.3, 0.4) is 0 Å². The average Bonchev–Trinajstić information content (AvgIpc) is 2.26. The van der Waals surface area contributed by atoms with Crippen molar-refractivity contribution in [3.63, 3.8) is 0 Å². The van der Waals surface area contributed by atoms with Crippen LogP contribution in [0, 0.1) is 5.92 Å². The SMILES string of the molecule is COc1cccc(OC(C)CC(C)C)c1C(C)=O. The molecule has 0 heterocycles. The van der Waals surface area contributed by atoms with E-state index in [2.05, 4.69) is 13.8 Å². The molecule has 1 atom stereocenters. The molecule has 1 aromatic carbocycles. The van der Waals surface area contributed by atoms with Crippen LogP contribution in [0.1, 0.15) is 44.5 Å². The minimum absolute atomic E-state index is 0.0424. The maximum absolute atomic E-state index is 11.7. The summed E-state index contributed by atoms with van der Waals surface area (Å²) in [5.41, 5.74) is 0.524. The Morgan fingerprint density at radius 3 is 2.33 bits per heavy atom. The van der Waals surface area contributed by atoms with Gasteiger partial charge in [-0.3, -0.25) is 4.79 Å². The lowest BCUT2D eigenvalue weighted by molar-refractivity contribution is 0.100. The van der Waals surface area contributed by atoms with Gasteiger partial charge >= 0.3 is 0 Å². The molecule has 0 aliphatic rings. The van der Waals surface area contributed by atoms with Gasteiger partial charge < -0.3 is 9.47 Å². The smallest absolute Gasteiger partial charge is 0.167 e. The van der Waals surface area contributed by atoms with Crippen LogP contribution in [-0.2, 0) is 0 Å². The monoisotopic (exact) mass is 250 g/mol. The number of benzene rings is 1. The molecule has 3 nitrogen and oxygen atoms in total. The van der Waals surface area contributed by atoms with Crippen LogP contribution in [0.5, 0.6) is 11.5 Å². The van der Waals surface area contributed by atoms with E-state index in [1.54, 1.807) is 13.2 Å². The number of methoxy groups -OCH3 is 1. The van der Waals surface area contributed by atoms with Gasteiger partial charge in [-0.15, -0.1) is 0 Å². The van der Waals surface area contributed by atoms with E-state index in [9.17, 15) is 4.79 Å². The Hall–Kier alpha value is -1.51. The summed E-state index contributed by atoms with van der Waals surface area (Å²) in [4.78, 5) is 11.7. The Balaban J connectivity index is 2.98. The van der Waals surface area contributed by atoms with Crippen molar-refractivity contribution in [3.05, 3.63) is 23.8 Å². The molecule has 1 rings (SSSR count). The number of hydrogen-bond donors (Lipinski definition) is 0. The zero-order valence-corrected chi connectivity index (χ0v) is 11.8. The summed E-state index contributed by atoms with van der Waals surface area (Å²) in [5.74, 6) is 1.69. The Morgan fingerprint density at radius 2 is 1.83 bits per heavy atom. The van der Waals surface area contributed by atoms with Crippen molar-refractivity contribution in [2.45, 2.75) is 40.2 Å². The number of ether oxygens (including phenoxy) is 2. The largest absolute Gasteiger partial charge is 0.496 e. The molecule has 0 radical (unpaired) electrons. The van der Waals surface area contributed by atoms with Gasteiger partial charge in [0.2, 0.25) is 0 Å². The first-order valence-corrected chi connectivity index (χ1v) is 6.30. The number of Topliss-reactive ketones (excluding diaryl/α,β-unsaturated/α-hetero) is 1. The molecule has 18 heavy (non-hydrogen) atoms. The molecule has 0 fully saturated rings. The zero-order valence-electron chi connectivity index (χ0n) is 11.8. The van der Waals surface area contributed by atoms with Gasteiger partial charge in [0, 0.05) is 0 Å². The molecule has 3 heteroatoms. The lowest BCUT2D eigenvalue weighted by atomic mass is 10.1.